The summed E-state index contributed by atoms with van der Waals surface area (Å²) in [6, 6.07) is 11.6. The number of aryl methyl sites for hydroxylation is 1. The van der Waals surface area contributed by atoms with Crippen LogP contribution in [0.25, 0.3) is 10.9 Å². The summed E-state index contributed by atoms with van der Waals surface area (Å²) in [5, 5.41) is 0.843. The van der Waals surface area contributed by atoms with Gasteiger partial charge in [-0.3, -0.25) is 4.79 Å². The van der Waals surface area contributed by atoms with E-state index in [1.807, 2.05) is 25.1 Å². The molecule has 7 nitrogen and oxygen atoms in total. The highest BCUT2D eigenvalue weighted by Gasteiger charge is 2.17. The van der Waals surface area contributed by atoms with Gasteiger partial charge in [0.2, 0.25) is 10.0 Å². The number of hydrogen-bond donors (Lipinski definition) is 2. The minimum atomic E-state index is -3.83. The highest BCUT2D eigenvalue weighted by Crippen LogP contribution is 2.29. The average Bonchev–Trinajstić information content (AvgIpc) is 2.66. The van der Waals surface area contributed by atoms with Gasteiger partial charge in [-0.1, -0.05) is 18.2 Å². The van der Waals surface area contributed by atoms with Crippen molar-refractivity contribution in [3.8, 4) is 11.5 Å². The molecule has 0 unspecified atom stereocenters. The summed E-state index contributed by atoms with van der Waals surface area (Å²) in [6.07, 6.45) is 0. The molecule has 27 heavy (non-hydrogen) atoms. The molecule has 0 aliphatic carbocycles. The first-order chi connectivity index (χ1) is 12.9. The number of benzene rings is 2. The largest absolute Gasteiger partial charge is 0.493 e. The number of methoxy groups -OCH3 is 2. The summed E-state index contributed by atoms with van der Waals surface area (Å²) in [4.78, 5) is 15.1. The molecule has 1 aromatic heterocycles. The molecule has 0 atom stereocenters. The van der Waals surface area contributed by atoms with Crippen molar-refractivity contribution in [3.63, 3.8) is 0 Å². The Hall–Kier alpha value is -2.84. The van der Waals surface area contributed by atoms with Crippen LogP contribution >= 0.6 is 0 Å². The van der Waals surface area contributed by atoms with E-state index in [9.17, 15) is 13.2 Å². The van der Waals surface area contributed by atoms with Gasteiger partial charge >= 0.3 is 0 Å². The number of aromatic amines is 1. The van der Waals surface area contributed by atoms with Crippen molar-refractivity contribution in [3.05, 3.63) is 63.9 Å². The fourth-order valence-corrected chi connectivity index (χ4v) is 3.82. The Bertz CT molecular complexity index is 1150. The van der Waals surface area contributed by atoms with Crippen LogP contribution in [0.3, 0.4) is 0 Å². The van der Waals surface area contributed by atoms with Gasteiger partial charge < -0.3 is 14.5 Å². The third-order valence-corrected chi connectivity index (χ3v) is 5.68. The van der Waals surface area contributed by atoms with Crippen LogP contribution in [0.4, 0.5) is 0 Å². The Labute approximate surface area is 157 Å². The molecule has 0 spiro atoms. The monoisotopic (exact) mass is 388 g/mol. The van der Waals surface area contributed by atoms with Crippen LogP contribution in [0.1, 0.15) is 11.1 Å². The smallest absolute Gasteiger partial charge is 0.252 e. The van der Waals surface area contributed by atoms with E-state index in [-0.39, 0.29) is 17.0 Å². The van der Waals surface area contributed by atoms with E-state index < -0.39 is 10.0 Å². The summed E-state index contributed by atoms with van der Waals surface area (Å²) in [5.41, 5.74) is 1.69. The van der Waals surface area contributed by atoms with Gasteiger partial charge in [0, 0.05) is 18.2 Å². The quantitative estimate of drug-likeness (QED) is 0.675. The highest BCUT2D eigenvalue weighted by atomic mass is 32.2. The van der Waals surface area contributed by atoms with Crippen molar-refractivity contribution in [2.24, 2.45) is 0 Å². The van der Waals surface area contributed by atoms with Crippen molar-refractivity contribution in [1.82, 2.24) is 9.71 Å². The van der Waals surface area contributed by atoms with Crippen molar-refractivity contribution in [2.75, 3.05) is 14.2 Å². The Morgan fingerprint density at radius 1 is 1.04 bits per heavy atom. The number of pyridine rings is 1. The fourth-order valence-electron chi connectivity index (χ4n) is 2.80. The minimum Gasteiger partial charge on any atom is -0.493 e. The maximum Gasteiger partial charge on any atom is 0.252 e. The van der Waals surface area contributed by atoms with E-state index >= 15 is 0 Å². The van der Waals surface area contributed by atoms with E-state index in [0.29, 0.717) is 17.1 Å². The molecule has 2 aromatic carbocycles. The van der Waals surface area contributed by atoms with Gasteiger partial charge in [0.15, 0.2) is 11.5 Å². The van der Waals surface area contributed by atoms with Crippen molar-refractivity contribution >= 4 is 20.9 Å². The number of aromatic nitrogens is 1. The number of nitrogens with one attached hydrogen (secondary N) is 2. The second kappa shape index (κ2) is 7.42. The van der Waals surface area contributed by atoms with E-state index in [4.69, 9.17) is 9.47 Å². The van der Waals surface area contributed by atoms with Gasteiger partial charge in [0.05, 0.1) is 24.6 Å². The van der Waals surface area contributed by atoms with Crippen LogP contribution in [0.2, 0.25) is 0 Å². The van der Waals surface area contributed by atoms with Crippen molar-refractivity contribution in [2.45, 2.75) is 18.4 Å². The third-order valence-electron chi connectivity index (χ3n) is 4.28. The number of sulfonamides is 1. The lowest BCUT2D eigenvalue weighted by atomic mass is 10.1. The van der Waals surface area contributed by atoms with Gasteiger partial charge in [0.1, 0.15) is 0 Å². The van der Waals surface area contributed by atoms with E-state index in [0.717, 1.165) is 16.5 Å². The normalized spacial score (nSPS) is 11.5. The molecule has 0 aliphatic heterocycles. The van der Waals surface area contributed by atoms with Crippen LogP contribution in [-0.2, 0) is 16.6 Å². The highest BCUT2D eigenvalue weighted by molar-refractivity contribution is 7.89. The van der Waals surface area contributed by atoms with Gasteiger partial charge in [-0.05, 0) is 36.1 Å². The molecule has 0 fully saturated rings. The van der Waals surface area contributed by atoms with Gasteiger partial charge in [0.25, 0.3) is 5.56 Å². The summed E-state index contributed by atoms with van der Waals surface area (Å²) in [5.74, 6) is 0.734. The standard InChI is InChI=1S/C19H20N2O5S/c1-12-5-4-6-13-9-14(19(22)21-18(12)13)11-20-27(23,24)15-7-8-16(25-2)17(10-15)26-3/h4-10,20H,11H2,1-3H3,(H,21,22). The Morgan fingerprint density at radius 2 is 1.78 bits per heavy atom. The number of para-hydroxylation sites is 1. The minimum absolute atomic E-state index is 0.0215. The molecular weight excluding hydrogens is 368 g/mol. The summed E-state index contributed by atoms with van der Waals surface area (Å²) in [7, 11) is -0.933. The summed E-state index contributed by atoms with van der Waals surface area (Å²) < 4.78 is 37.9. The van der Waals surface area contributed by atoms with E-state index in [2.05, 4.69) is 9.71 Å². The lowest BCUT2D eigenvalue weighted by Crippen LogP contribution is -2.27. The molecule has 3 rings (SSSR count). The van der Waals surface area contributed by atoms with E-state index in [1.165, 1.54) is 32.4 Å². The third kappa shape index (κ3) is 3.81. The molecule has 3 aromatic rings. The van der Waals surface area contributed by atoms with Gasteiger partial charge in [-0.2, -0.15) is 0 Å². The lowest BCUT2D eigenvalue weighted by molar-refractivity contribution is 0.354. The zero-order valence-corrected chi connectivity index (χ0v) is 16.0. The molecule has 0 bridgehead atoms. The SMILES string of the molecule is COc1ccc(S(=O)(=O)NCc2cc3cccc(C)c3[nH]c2=O)cc1OC. The van der Waals surface area contributed by atoms with Crippen molar-refractivity contribution < 1.29 is 17.9 Å². The fraction of sp³-hybridized carbons (Fsp3) is 0.211. The Kier molecular flexibility index (Phi) is 5.20. The number of ether oxygens (including phenoxy) is 2. The van der Waals surface area contributed by atoms with Crippen LogP contribution in [0.5, 0.6) is 11.5 Å². The second-order valence-electron chi connectivity index (χ2n) is 6.00. The predicted octanol–water partition coefficient (Wildman–Crippen LogP) is 2.33. The summed E-state index contributed by atoms with van der Waals surface area (Å²) in [6.45, 7) is 1.77. The van der Waals surface area contributed by atoms with Crippen molar-refractivity contribution in [1.29, 1.82) is 0 Å². The molecule has 0 radical (unpaired) electrons. The number of hydrogen-bond acceptors (Lipinski definition) is 5. The number of rotatable bonds is 6. The number of fused-ring (bicyclic) bond motifs is 1. The first-order valence-corrected chi connectivity index (χ1v) is 9.67. The zero-order valence-electron chi connectivity index (χ0n) is 15.2. The molecule has 142 valence electrons. The molecule has 0 aliphatic rings. The second-order valence-corrected chi connectivity index (χ2v) is 7.77. The maximum absolute atomic E-state index is 12.6. The molecule has 1 heterocycles. The first-order valence-electron chi connectivity index (χ1n) is 8.19. The lowest BCUT2D eigenvalue weighted by Gasteiger charge is -2.11. The Morgan fingerprint density at radius 3 is 2.48 bits per heavy atom. The van der Waals surface area contributed by atoms with Crippen LogP contribution < -0.4 is 19.8 Å². The molecule has 0 amide bonds. The number of H-pyrrole nitrogens is 1. The summed E-state index contributed by atoms with van der Waals surface area (Å²) >= 11 is 0. The molecule has 0 saturated carbocycles. The first kappa shape index (κ1) is 18.9. The average molecular weight is 388 g/mol. The predicted molar refractivity (Wildman–Crippen MR) is 103 cm³/mol. The van der Waals surface area contributed by atoms with Crippen LogP contribution in [-0.4, -0.2) is 27.6 Å². The Balaban J connectivity index is 1.89. The van der Waals surface area contributed by atoms with Crippen LogP contribution in [0, 0.1) is 6.92 Å². The topological polar surface area (TPSA) is 97.5 Å². The maximum atomic E-state index is 12.6. The molecule has 8 heteroatoms. The molecular formula is C19H20N2O5S. The molecule has 0 saturated heterocycles. The van der Waals surface area contributed by atoms with Gasteiger partial charge in [-0.25, -0.2) is 13.1 Å². The van der Waals surface area contributed by atoms with Crippen LogP contribution in [0.15, 0.2) is 52.2 Å². The van der Waals surface area contributed by atoms with Gasteiger partial charge in [-0.15, -0.1) is 0 Å². The zero-order chi connectivity index (χ0) is 19.6. The van der Waals surface area contributed by atoms with E-state index in [1.54, 1.807) is 6.07 Å². The molecule has 2 N–H and O–H groups in total.